The number of aromatic nitrogens is 4. The summed E-state index contributed by atoms with van der Waals surface area (Å²) in [5.74, 6) is 1.39. The van der Waals surface area contributed by atoms with Gasteiger partial charge in [0.2, 0.25) is 0 Å². The van der Waals surface area contributed by atoms with Crippen LogP contribution in [0.15, 0.2) is 247 Å². The summed E-state index contributed by atoms with van der Waals surface area (Å²) >= 11 is 0. The average molecular weight is 873 g/mol. The Bertz CT molecular complexity index is 4190. The fourth-order valence-corrected chi connectivity index (χ4v) is 9.49. The number of rotatable bonds is 8. The second-order valence-corrected chi connectivity index (χ2v) is 16.9. The second-order valence-electron chi connectivity index (χ2n) is 16.9. The Labute approximate surface area is 398 Å². The minimum atomic E-state index is -0.307. The fourth-order valence-electron chi connectivity index (χ4n) is 9.49. The fraction of sp³-hybridized carbons (Fsp3) is 0. The first-order valence-corrected chi connectivity index (χ1v) is 22.6. The minimum Gasteiger partial charge on any atom is -0.456 e. The molecule has 0 saturated heterocycles. The van der Waals surface area contributed by atoms with Crippen LogP contribution in [0.4, 0.5) is 0 Å². The van der Waals surface area contributed by atoms with Gasteiger partial charge >= 0.3 is 0 Å². The molecule has 0 fully saturated rings. The molecule has 0 bridgehead atoms. The van der Waals surface area contributed by atoms with Gasteiger partial charge in [0.1, 0.15) is 11.2 Å². The summed E-state index contributed by atoms with van der Waals surface area (Å²) in [6, 6.07) is 72.8. The predicted molar refractivity (Wildman–Crippen MR) is 279 cm³/mol. The summed E-state index contributed by atoms with van der Waals surface area (Å²) in [6.45, 7) is 0. The summed E-state index contributed by atoms with van der Waals surface area (Å²) in [5.41, 5.74) is 13.8. The van der Waals surface area contributed by atoms with Crippen LogP contribution in [0.1, 0.15) is 5.48 Å². The van der Waals surface area contributed by atoms with Gasteiger partial charge in [0, 0.05) is 49.5 Å². The zero-order chi connectivity index (χ0) is 48.5. The molecule has 13 rings (SSSR count). The average Bonchev–Trinajstić information content (AvgIpc) is 4.01. The van der Waals surface area contributed by atoms with E-state index in [4.69, 9.17) is 22.1 Å². The highest BCUT2D eigenvalue weighted by Gasteiger charge is 2.20. The van der Waals surface area contributed by atoms with E-state index in [2.05, 4.69) is 84.9 Å². The Kier molecular flexibility index (Phi) is 8.45. The second kappa shape index (κ2) is 16.4. The molecule has 318 valence electrons. The van der Waals surface area contributed by atoms with Crippen molar-refractivity contribution in [2.45, 2.75) is 0 Å². The third kappa shape index (κ3) is 6.93. The largest absolute Gasteiger partial charge is 0.456 e. The van der Waals surface area contributed by atoms with E-state index in [-0.39, 0.29) is 24.2 Å². The summed E-state index contributed by atoms with van der Waals surface area (Å²) in [6.07, 6.45) is 0. The quantitative estimate of drug-likeness (QED) is 0.153. The zero-order valence-corrected chi connectivity index (χ0v) is 36.5. The molecule has 13 aromatic rings. The number of hydrogen-bond donors (Lipinski definition) is 0. The molecule has 3 aromatic heterocycles. The lowest BCUT2D eigenvalue weighted by Gasteiger charge is -2.15. The van der Waals surface area contributed by atoms with Gasteiger partial charge in [0.25, 0.3) is 0 Å². The Morgan fingerprint density at radius 2 is 0.838 bits per heavy atom. The van der Waals surface area contributed by atoms with Crippen LogP contribution in [-0.4, -0.2) is 19.5 Å². The Balaban J connectivity index is 1.03. The SMILES string of the molecule is [2H]c1c([2H])c([2H])c2c(c1[2H])c1cccc(-c3cc(-c4ccccc4)cc(-c4ccccc4)c3)c1n2-c1cccc(-c2nc(-c3ccc(-c4ccccc4)cc3)nc(-c3ccc4c(c3)oc3ccccc34)n2)c1. The maximum atomic E-state index is 9.49. The van der Waals surface area contributed by atoms with Crippen molar-refractivity contribution in [2.75, 3.05) is 0 Å². The van der Waals surface area contributed by atoms with E-state index in [9.17, 15) is 2.74 Å². The first-order chi connectivity index (χ1) is 35.3. The smallest absolute Gasteiger partial charge is 0.164 e. The molecule has 0 aliphatic heterocycles. The number of para-hydroxylation sites is 3. The minimum absolute atomic E-state index is 0.0995. The normalized spacial score (nSPS) is 12.4. The first-order valence-electron chi connectivity index (χ1n) is 24.6. The van der Waals surface area contributed by atoms with Crippen LogP contribution in [0.5, 0.6) is 0 Å². The number of benzene rings is 10. The van der Waals surface area contributed by atoms with E-state index < -0.39 is 0 Å². The zero-order valence-electron chi connectivity index (χ0n) is 40.5. The maximum Gasteiger partial charge on any atom is 0.164 e. The van der Waals surface area contributed by atoms with Gasteiger partial charge in [-0.15, -0.1) is 0 Å². The van der Waals surface area contributed by atoms with E-state index in [0.717, 1.165) is 83.1 Å². The third-order valence-corrected chi connectivity index (χ3v) is 12.8. The van der Waals surface area contributed by atoms with Gasteiger partial charge in [-0.2, -0.15) is 0 Å². The molecule has 0 atom stereocenters. The molecule has 0 unspecified atom stereocenters. The molecular formula is C63H40N4O. The van der Waals surface area contributed by atoms with Crippen molar-refractivity contribution in [1.82, 2.24) is 19.5 Å². The van der Waals surface area contributed by atoms with Crippen LogP contribution < -0.4 is 0 Å². The Hall–Kier alpha value is -9.19. The summed E-state index contributed by atoms with van der Waals surface area (Å²) in [5, 5.41) is 3.18. The third-order valence-electron chi connectivity index (χ3n) is 12.8. The van der Waals surface area contributed by atoms with E-state index in [1.165, 1.54) is 0 Å². The van der Waals surface area contributed by atoms with Crippen molar-refractivity contribution in [2.24, 2.45) is 0 Å². The molecule has 0 aliphatic carbocycles. The van der Waals surface area contributed by atoms with Gasteiger partial charge in [-0.3, -0.25) is 0 Å². The molecule has 0 saturated carbocycles. The van der Waals surface area contributed by atoms with Gasteiger partial charge in [0.05, 0.1) is 16.5 Å². The highest BCUT2D eigenvalue weighted by atomic mass is 16.3. The maximum absolute atomic E-state index is 9.49. The number of fused-ring (bicyclic) bond motifs is 6. The van der Waals surface area contributed by atoms with Crippen molar-refractivity contribution in [3.8, 4) is 84.4 Å². The van der Waals surface area contributed by atoms with E-state index >= 15 is 0 Å². The molecular weight excluding hydrogens is 829 g/mol. The lowest BCUT2D eigenvalue weighted by Crippen LogP contribution is -2.01. The molecule has 0 aliphatic rings. The molecule has 68 heavy (non-hydrogen) atoms. The van der Waals surface area contributed by atoms with Crippen molar-refractivity contribution in [1.29, 1.82) is 0 Å². The molecule has 5 heteroatoms. The number of hydrogen-bond acceptors (Lipinski definition) is 4. The molecule has 5 nitrogen and oxygen atoms in total. The van der Waals surface area contributed by atoms with Gasteiger partial charge in [-0.1, -0.05) is 188 Å². The van der Waals surface area contributed by atoms with Gasteiger partial charge < -0.3 is 8.98 Å². The number of furan rings is 1. The highest BCUT2D eigenvalue weighted by Crippen LogP contribution is 2.42. The lowest BCUT2D eigenvalue weighted by atomic mass is 9.92. The lowest BCUT2D eigenvalue weighted by molar-refractivity contribution is 0.669. The summed E-state index contributed by atoms with van der Waals surface area (Å²) in [7, 11) is 0. The van der Waals surface area contributed by atoms with Gasteiger partial charge in [-0.25, -0.2) is 15.0 Å². The Morgan fingerprint density at radius 1 is 0.338 bits per heavy atom. The van der Waals surface area contributed by atoms with Crippen molar-refractivity contribution in [3.63, 3.8) is 0 Å². The van der Waals surface area contributed by atoms with Crippen LogP contribution in [0.2, 0.25) is 0 Å². The topological polar surface area (TPSA) is 56.7 Å². The van der Waals surface area contributed by atoms with Crippen LogP contribution in [0.3, 0.4) is 0 Å². The van der Waals surface area contributed by atoms with E-state index in [1.54, 1.807) is 0 Å². The first kappa shape index (κ1) is 35.1. The summed E-state index contributed by atoms with van der Waals surface area (Å²) in [4.78, 5) is 15.5. The van der Waals surface area contributed by atoms with Crippen molar-refractivity contribution >= 4 is 43.7 Å². The predicted octanol–water partition coefficient (Wildman–Crippen LogP) is 16.5. The van der Waals surface area contributed by atoms with Crippen LogP contribution >= 0.6 is 0 Å². The molecule has 0 N–H and O–H groups in total. The van der Waals surface area contributed by atoms with Crippen LogP contribution in [-0.2, 0) is 0 Å². The van der Waals surface area contributed by atoms with Crippen LogP contribution in [0.25, 0.3) is 128 Å². The van der Waals surface area contributed by atoms with E-state index in [0.29, 0.717) is 45.0 Å². The van der Waals surface area contributed by atoms with Crippen molar-refractivity contribution in [3.05, 3.63) is 243 Å². The monoisotopic (exact) mass is 872 g/mol. The molecule has 0 spiro atoms. The Morgan fingerprint density at radius 3 is 1.54 bits per heavy atom. The standard InChI is InChI=1S/C63H40N4O/c1-4-16-41(17-5-1)44-30-32-45(33-31-44)61-64-62(66-63(65-61)47-34-35-55-54-25-11-13-29-58(54)68-59(55)40-47)46-22-14-23-51(39-46)67-57-28-12-10-24-53(57)56-27-15-26-52(60(56)67)50-37-48(42-18-6-2-7-19-42)36-49(38-50)43-20-8-3-9-21-43/h1-40H/i10D,12D,24D,28D. The summed E-state index contributed by atoms with van der Waals surface area (Å²) < 4.78 is 45.0. The number of nitrogens with zero attached hydrogens (tertiary/aromatic N) is 4. The molecule has 0 radical (unpaired) electrons. The molecule has 3 heterocycles. The van der Waals surface area contributed by atoms with Crippen molar-refractivity contribution < 1.29 is 9.90 Å². The molecule has 10 aromatic carbocycles. The van der Waals surface area contributed by atoms with Gasteiger partial charge in [0.15, 0.2) is 17.5 Å². The van der Waals surface area contributed by atoms with Crippen LogP contribution in [0, 0.1) is 0 Å². The highest BCUT2D eigenvalue weighted by molar-refractivity contribution is 6.14. The van der Waals surface area contributed by atoms with Gasteiger partial charge in [-0.05, 0) is 93.5 Å². The molecule has 0 amide bonds. The van der Waals surface area contributed by atoms with E-state index in [1.807, 2.05) is 138 Å².